The molecule has 1 amide bonds. The summed E-state index contributed by atoms with van der Waals surface area (Å²) in [6.07, 6.45) is 4.22. The maximum atomic E-state index is 14.6. The lowest BCUT2D eigenvalue weighted by atomic mass is 10.1. The second-order valence-corrected chi connectivity index (χ2v) is 8.37. The summed E-state index contributed by atoms with van der Waals surface area (Å²) in [6, 6.07) is 12.4. The van der Waals surface area contributed by atoms with E-state index in [-0.39, 0.29) is 5.69 Å². The average Bonchev–Trinajstić information content (AvgIpc) is 3.02. The summed E-state index contributed by atoms with van der Waals surface area (Å²) in [5.74, 6) is 0.769. The molecule has 1 N–H and O–H groups in total. The number of hydrogen-bond donors (Lipinski definition) is 1. The Kier molecular flexibility index (Phi) is 5.17. The molecule has 4 aromatic rings. The topological polar surface area (TPSA) is 72.7 Å². The Morgan fingerprint density at radius 2 is 1.91 bits per heavy atom. The van der Waals surface area contributed by atoms with E-state index < -0.39 is 11.7 Å². The van der Waals surface area contributed by atoms with Crippen molar-refractivity contribution in [1.29, 1.82) is 0 Å². The minimum Gasteiger partial charge on any atom is -0.319 e. The van der Waals surface area contributed by atoms with Gasteiger partial charge in [-0.05, 0) is 62.6 Å². The summed E-state index contributed by atoms with van der Waals surface area (Å²) in [4.78, 5) is 17.6. The van der Waals surface area contributed by atoms with Crippen molar-refractivity contribution < 1.29 is 9.18 Å². The van der Waals surface area contributed by atoms with Gasteiger partial charge in [0.05, 0.1) is 22.5 Å². The number of carbonyl (C=O) groups excluding carboxylic acids is 1. The fraction of sp³-hybridized carbons (Fsp3) is 0.280. The van der Waals surface area contributed by atoms with Crippen LogP contribution in [0.3, 0.4) is 0 Å². The zero-order valence-electron chi connectivity index (χ0n) is 18.2. The van der Waals surface area contributed by atoms with E-state index in [9.17, 15) is 9.18 Å². The van der Waals surface area contributed by atoms with Crippen molar-refractivity contribution in [3.05, 3.63) is 70.9 Å². The molecule has 0 unspecified atom stereocenters. The van der Waals surface area contributed by atoms with Crippen LogP contribution in [-0.2, 0) is 13.0 Å². The molecule has 2 aromatic heterocycles. The number of pyridine rings is 1. The molecule has 5 rings (SSSR count). The van der Waals surface area contributed by atoms with Crippen molar-refractivity contribution in [3.63, 3.8) is 0 Å². The summed E-state index contributed by atoms with van der Waals surface area (Å²) >= 11 is 0. The van der Waals surface area contributed by atoms with Gasteiger partial charge >= 0.3 is 0 Å². The van der Waals surface area contributed by atoms with Crippen molar-refractivity contribution in [2.45, 2.75) is 46.1 Å². The number of carbonyl (C=O) groups is 1. The zero-order chi connectivity index (χ0) is 22.2. The molecular formula is C25H24FN5O. The summed E-state index contributed by atoms with van der Waals surface area (Å²) < 4.78 is 16.7. The van der Waals surface area contributed by atoms with Gasteiger partial charge in [0.1, 0.15) is 11.6 Å². The SMILES string of the molecule is Cc1ccc2cc(C(=O)Nc3cc(-c4nnc5n4CCCCC5)ccc3F)c(C)nc2c1. The number of aromatic nitrogens is 4. The summed E-state index contributed by atoms with van der Waals surface area (Å²) in [7, 11) is 0. The molecule has 6 nitrogen and oxygen atoms in total. The first-order valence-electron chi connectivity index (χ1n) is 10.9. The van der Waals surface area contributed by atoms with Gasteiger partial charge in [-0.25, -0.2) is 4.39 Å². The van der Waals surface area contributed by atoms with Crippen molar-refractivity contribution in [2.75, 3.05) is 5.32 Å². The van der Waals surface area contributed by atoms with Crippen LogP contribution in [0.4, 0.5) is 10.1 Å². The highest BCUT2D eigenvalue weighted by Crippen LogP contribution is 2.27. The summed E-state index contributed by atoms with van der Waals surface area (Å²) in [6.45, 7) is 4.63. The zero-order valence-corrected chi connectivity index (χ0v) is 18.2. The average molecular weight is 429 g/mol. The van der Waals surface area contributed by atoms with Gasteiger partial charge < -0.3 is 9.88 Å². The summed E-state index contributed by atoms with van der Waals surface area (Å²) in [5.41, 5.74) is 3.79. The van der Waals surface area contributed by atoms with Crippen molar-refractivity contribution >= 4 is 22.5 Å². The number of halogens is 1. The van der Waals surface area contributed by atoms with Gasteiger partial charge in [-0.15, -0.1) is 10.2 Å². The second-order valence-electron chi connectivity index (χ2n) is 8.37. The molecule has 32 heavy (non-hydrogen) atoms. The number of aryl methyl sites for hydroxylation is 3. The smallest absolute Gasteiger partial charge is 0.257 e. The van der Waals surface area contributed by atoms with Crippen LogP contribution in [0.5, 0.6) is 0 Å². The maximum Gasteiger partial charge on any atom is 0.257 e. The molecule has 0 radical (unpaired) electrons. The van der Waals surface area contributed by atoms with Gasteiger partial charge in [-0.2, -0.15) is 0 Å². The van der Waals surface area contributed by atoms with Crippen molar-refractivity contribution in [2.24, 2.45) is 0 Å². The van der Waals surface area contributed by atoms with E-state index in [1.807, 2.05) is 25.1 Å². The van der Waals surface area contributed by atoms with Crippen LogP contribution in [0, 0.1) is 19.7 Å². The first kappa shape index (κ1) is 20.3. The molecule has 0 fully saturated rings. The molecule has 3 heterocycles. The van der Waals surface area contributed by atoms with E-state index in [1.54, 1.807) is 25.1 Å². The van der Waals surface area contributed by atoms with E-state index >= 15 is 0 Å². The molecule has 0 saturated heterocycles. The molecule has 0 saturated carbocycles. The minimum atomic E-state index is -0.500. The number of amides is 1. The van der Waals surface area contributed by atoms with E-state index in [4.69, 9.17) is 0 Å². The highest BCUT2D eigenvalue weighted by molar-refractivity contribution is 6.07. The largest absolute Gasteiger partial charge is 0.319 e. The fourth-order valence-corrected chi connectivity index (χ4v) is 4.25. The van der Waals surface area contributed by atoms with E-state index in [2.05, 4.69) is 25.1 Å². The second kappa shape index (κ2) is 8.15. The van der Waals surface area contributed by atoms with Gasteiger partial charge in [0.2, 0.25) is 0 Å². The predicted octanol–water partition coefficient (Wildman–Crippen LogP) is 5.23. The number of rotatable bonds is 3. The third kappa shape index (κ3) is 3.75. The number of hydrogen-bond acceptors (Lipinski definition) is 4. The molecule has 1 aliphatic heterocycles. The third-order valence-electron chi connectivity index (χ3n) is 5.99. The molecule has 0 atom stereocenters. The number of anilines is 1. The standard InChI is InChI=1S/C25H24FN5O/c1-15-7-8-17-13-19(16(2)27-21(17)12-15)25(32)28-22-14-18(9-10-20(22)26)24-30-29-23-6-4-3-5-11-31(23)24/h7-10,12-14H,3-6,11H2,1-2H3,(H,28,32). The first-order valence-corrected chi connectivity index (χ1v) is 10.9. The highest BCUT2D eigenvalue weighted by Gasteiger charge is 2.19. The lowest BCUT2D eigenvalue weighted by molar-refractivity contribution is 0.102. The highest BCUT2D eigenvalue weighted by atomic mass is 19.1. The van der Waals surface area contributed by atoms with Gasteiger partial charge in [-0.3, -0.25) is 9.78 Å². The Morgan fingerprint density at radius 3 is 2.78 bits per heavy atom. The van der Waals surface area contributed by atoms with Gasteiger partial charge in [-0.1, -0.05) is 18.6 Å². The van der Waals surface area contributed by atoms with Crippen LogP contribution in [0.15, 0.2) is 42.5 Å². The van der Waals surface area contributed by atoms with Gasteiger partial charge in [0.15, 0.2) is 5.82 Å². The van der Waals surface area contributed by atoms with Crippen molar-refractivity contribution in [1.82, 2.24) is 19.7 Å². The normalized spacial score (nSPS) is 13.6. The maximum absolute atomic E-state index is 14.6. The summed E-state index contributed by atoms with van der Waals surface area (Å²) in [5, 5.41) is 12.3. The first-order chi connectivity index (χ1) is 15.5. The van der Waals surface area contributed by atoms with Crippen LogP contribution in [0.1, 0.15) is 46.7 Å². The molecule has 162 valence electrons. The molecule has 0 bridgehead atoms. The van der Waals surface area contributed by atoms with Gasteiger partial charge in [0.25, 0.3) is 5.91 Å². The predicted molar refractivity (Wildman–Crippen MR) is 122 cm³/mol. The van der Waals surface area contributed by atoms with Crippen LogP contribution in [0.25, 0.3) is 22.3 Å². The number of fused-ring (bicyclic) bond motifs is 2. The Balaban J connectivity index is 1.47. The van der Waals surface area contributed by atoms with Gasteiger partial charge in [0, 0.05) is 23.9 Å². The third-order valence-corrected chi connectivity index (χ3v) is 5.99. The van der Waals surface area contributed by atoms with Crippen molar-refractivity contribution in [3.8, 4) is 11.4 Å². The van der Waals surface area contributed by atoms with E-state index in [1.165, 1.54) is 6.07 Å². The van der Waals surface area contributed by atoms with E-state index in [0.29, 0.717) is 17.1 Å². The number of nitrogens with zero attached hydrogens (tertiary/aromatic N) is 4. The minimum absolute atomic E-state index is 0.113. The number of benzene rings is 2. The Bertz CT molecular complexity index is 1340. The van der Waals surface area contributed by atoms with Crippen LogP contribution in [-0.4, -0.2) is 25.7 Å². The molecule has 0 aliphatic carbocycles. The fourth-order valence-electron chi connectivity index (χ4n) is 4.25. The monoisotopic (exact) mass is 429 g/mol. The Labute approximate surface area is 185 Å². The Hall–Kier alpha value is -3.61. The van der Waals surface area contributed by atoms with E-state index in [0.717, 1.165) is 60.1 Å². The quantitative estimate of drug-likeness (QED) is 0.484. The van der Waals surface area contributed by atoms with Crippen LogP contribution >= 0.6 is 0 Å². The molecule has 2 aromatic carbocycles. The molecular weight excluding hydrogens is 405 g/mol. The molecule has 7 heteroatoms. The molecule has 1 aliphatic rings. The lowest BCUT2D eigenvalue weighted by Gasteiger charge is -2.12. The number of nitrogens with one attached hydrogen (secondary N) is 1. The molecule has 0 spiro atoms. The van der Waals surface area contributed by atoms with Crippen LogP contribution < -0.4 is 5.32 Å². The lowest BCUT2D eigenvalue weighted by Crippen LogP contribution is -2.15. The Morgan fingerprint density at radius 1 is 1.03 bits per heavy atom. The van der Waals surface area contributed by atoms with Crippen LogP contribution in [0.2, 0.25) is 0 Å².